The van der Waals surface area contributed by atoms with Crippen LogP contribution >= 0.6 is 22.7 Å². The molecule has 2 heterocycles. The average molecular weight is 305 g/mol. The van der Waals surface area contributed by atoms with Gasteiger partial charge < -0.3 is 5.32 Å². The van der Waals surface area contributed by atoms with E-state index >= 15 is 0 Å². The van der Waals surface area contributed by atoms with E-state index in [9.17, 15) is 0 Å². The highest BCUT2D eigenvalue weighted by Crippen LogP contribution is 2.36. The molecule has 106 valence electrons. The minimum atomic E-state index is 0.736. The molecule has 0 saturated heterocycles. The molecule has 0 radical (unpaired) electrons. The van der Waals surface area contributed by atoms with Crippen LogP contribution in [0, 0.1) is 0 Å². The lowest BCUT2D eigenvalue weighted by molar-refractivity contribution is 0.679. The summed E-state index contributed by atoms with van der Waals surface area (Å²) in [5, 5.41) is 14.5. The molecular weight excluding hydrogens is 286 g/mol. The van der Waals surface area contributed by atoms with Crippen molar-refractivity contribution in [1.29, 1.82) is 0 Å². The maximum absolute atomic E-state index is 4.39. The van der Waals surface area contributed by atoms with Crippen LogP contribution in [0.4, 0.5) is 0 Å². The summed E-state index contributed by atoms with van der Waals surface area (Å²) in [5.74, 6) is 0. The normalized spacial score (nSPS) is 18.8. The smallest absolute Gasteiger partial charge is 0.157 e. The number of rotatable bonds is 4. The van der Waals surface area contributed by atoms with Crippen molar-refractivity contribution in [1.82, 2.24) is 15.5 Å². The molecule has 4 rings (SSSR count). The summed E-state index contributed by atoms with van der Waals surface area (Å²) >= 11 is 3.69. The first-order valence-electron chi connectivity index (χ1n) is 7.56. The quantitative estimate of drug-likeness (QED) is 0.873. The first-order chi connectivity index (χ1) is 9.88. The van der Waals surface area contributed by atoms with Gasteiger partial charge in [-0.2, -0.15) is 0 Å². The number of nitrogens with zero attached hydrogens (tertiary/aromatic N) is 2. The Morgan fingerprint density at radius 3 is 2.90 bits per heavy atom. The van der Waals surface area contributed by atoms with Crippen LogP contribution in [0.15, 0.2) is 6.07 Å². The molecule has 0 bridgehead atoms. The first kappa shape index (κ1) is 12.9. The van der Waals surface area contributed by atoms with E-state index < -0.39 is 0 Å². The fraction of sp³-hybridized carbons (Fsp3) is 0.600. The fourth-order valence-corrected chi connectivity index (χ4v) is 4.80. The number of hydrogen-bond donors (Lipinski definition) is 1. The third-order valence-corrected chi connectivity index (χ3v) is 6.37. The fourth-order valence-electron chi connectivity index (χ4n) is 2.72. The zero-order chi connectivity index (χ0) is 13.4. The Hall–Kier alpha value is -0.780. The highest BCUT2D eigenvalue weighted by atomic mass is 32.1. The summed E-state index contributed by atoms with van der Waals surface area (Å²) in [4.78, 5) is 2.91. The van der Waals surface area contributed by atoms with Crippen molar-refractivity contribution in [3.63, 3.8) is 0 Å². The summed E-state index contributed by atoms with van der Waals surface area (Å²) in [6.45, 7) is 0.882. The number of aromatic nitrogens is 2. The molecule has 20 heavy (non-hydrogen) atoms. The predicted octanol–water partition coefficient (Wildman–Crippen LogP) is 3.79. The van der Waals surface area contributed by atoms with Crippen LogP contribution in [-0.2, 0) is 19.4 Å². The second kappa shape index (κ2) is 5.54. The van der Waals surface area contributed by atoms with Crippen molar-refractivity contribution in [2.24, 2.45) is 0 Å². The Bertz CT molecular complexity index is 575. The number of hydrogen-bond acceptors (Lipinski definition) is 5. The van der Waals surface area contributed by atoms with E-state index in [0.717, 1.165) is 22.6 Å². The Morgan fingerprint density at radius 1 is 1.10 bits per heavy atom. The van der Waals surface area contributed by atoms with Gasteiger partial charge in [0, 0.05) is 17.5 Å². The van der Waals surface area contributed by atoms with E-state index in [2.05, 4.69) is 21.6 Å². The number of thiophene rings is 1. The molecule has 0 unspecified atom stereocenters. The molecule has 0 aromatic carbocycles. The Morgan fingerprint density at radius 2 is 2.00 bits per heavy atom. The predicted molar refractivity (Wildman–Crippen MR) is 84.3 cm³/mol. The van der Waals surface area contributed by atoms with Crippen molar-refractivity contribution in [3.05, 3.63) is 21.5 Å². The molecule has 2 aromatic rings. The molecule has 3 nitrogen and oxygen atoms in total. The van der Waals surface area contributed by atoms with Gasteiger partial charge in [-0.1, -0.05) is 17.8 Å². The van der Waals surface area contributed by atoms with Gasteiger partial charge in [0.1, 0.15) is 5.01 Å². The van der Waals surface area contributed by atoms with Crippen LogP contribution in [-0.4, -0.2) is 16.2 Å². The molecule has 2 aliphatic carbocycles. The highest BCUT2D eigenvalue weighted by Gasteiger charge is 2.21. The van der Waals surface area contributed by atoms with Crippen LogP contribution in [0.2, 0.25) is 0 Å². The van der Waals surface area contributed by atoms with Crippen LogP contribution in [0.5, 0.6) is 0 Å². The molecule has 1 saturated carbocycles. The summed E-state index contributed by atoms with van der Waals surface area (Å²) in [7, 11) is 0. The van der Waals surface area contributed by atoms with Gasteiger partial charge >= 0.3 is 0 Å². The lowest BCUT2D eigenvalue weighted by atomic mass is 10.1. The lowest BCUT2D eigenvalue weighted by Crippen LogP contribution is -2.14. The van der Waals surface area contributed by atoms with Crippen molar-refractivity contribution in [2.45, 2.75) is 57.5 Å². The Balaban J connectivity index is 1.51. The minimum Gasteiger partial charge on any atom is -0.308 e. The molecule has 1 N–H and O–H groups in total. The van der Waals surface area contributed by atoms with E-state index in [1.165, 1.54) is 49.8 Å². The molecule has 0 atom stereocenters. The summed E-state index contributed by atoms with van der Waals surface area (Å²) in [6.07, 6.45) is 9.23. The largest absolute Gasteiger partial charge is 0.308 e. The molecule has 2 aliphatic rings. The van der Waals surface area contributed by atoms with Gasteiger partial charge in [0.05, 0.1) is 4.88 Å². The van der Waals surface area contributed by atoms with Gasteiger partial charge in [-0.15, -0.1) is 21.5 Å². The highest BCUT2D eigenvalue weighted by molar-refractivity contribution is 7.21. The summed E-state index contributed by atoms with van der Waals surface area (Å²) in [6, 6.07) is 3.10. The molecule has 0 amide bonds. The molecule has 1 fully saturated rings. The standard InChI is InChI=1S/C15H19N3S2/c1-2-4-10-8-13(19-12(10)5-3-1)15-18-17-14(20-15)9-16-11-6-7-11/h8,11,16H,1-7,9H2. The molecule has 0 aliphatic heterocycles. The van der Waals surface area contributed by atoms with Gasteiger partial charge in [0.2, 0.25) is 0 Å². The van der Waals surface area contributed by atoms with E-state index in [1.54, 1.807) is 21.8 Å². The summed E-state index contributed by atoms with van der Waals surface area (Å²) in [5.41, 5.74) is 1.57. The Kier molecular flexibility index (Phi) is 3.58. The van der Waals surface area contributed by atoms with Crippen molar-refractivity contribution < 1.29 is 0 Å². The second-order valence-electron chi connectivity index (χ2n) is 5.78. The van der Waals surface area contributed by atoms with Gasteiger partial charge in [0.25, 0.3) is 0 Å². The van der Waals surface area contributed by atoms with Crippen LogP contribution < -0.4 is 5.32 Å². The van der Waals surface area contributed by atoms with Crippen molar-refractivity contribution >= 4 is 22.7 Å². The maximum Gasteiger partial charge on any atom is 0.157 e. The topological polar surface area (TPSA) is 37.8 Å². The summed E-state index contributed by atoms with van der Waals surface area (Å²) < 4.78 is 0. The zero-order valence-electron chi connectivity index (χ0n) is 11.5. The third kappa shape index (κ3) is 2.80. The minimum absolute atomic E-state index is 0.736. The van der Waals surface area contributed by atoms with Gasteiger partial charge in [-0.05, 0) is 50.2 Å². The van der Waals surface area contributed by atoms with Gasteiger partial charge in [-0.25, -0.2) is 0 Å². The van der Waals surface area contributed by atoms with Crippen molar-refractivity contribution in [2.75, 3.05) is 0 Å². The average Bonchev–Trinajstić information content (AvgIpc) is 3.10. The third-order valence-electron chi connectivity index (χ3n) is 4.04. The zero-order valence-corrected chi connectivity index (χ0v) is 13.2. The molecule has 2 aromatic heterocycles. The number of aryl methyl sites for hydroxylation is 2. The van der Waals surface area contributed by atoms with Gasteiger partial charge in [-0.3, -0.25) is 0 Å². The SMILES string of the molecule is c1c(-c2nnc(CNC3CC3)s2)sc2c1CCCCC2. The van der Waals surface area contributed by atoms with E-state index in [1.807, 2.05) is 11.3 Å². The lowest BCUT2D eigenvalue weighted by Gasteiger charge is -1.95. The number of nitrogens with one attached hydrogen (secondary N) is 1. The van der Waals surface area contributed by atoms with E-state index in [-0.39, 0.29) is 0 Å². The molecular formula is C15H19N3S2. The van der Waals surface area contributed by atoms with Crippen LogP contribution in [0.3, 0.4) is 0 Å². The maximum atomic E-state index is 4.39. The van der Waals surface area contributed by atoms with E-state index in [0.29, 0.717) is 0 Å². The number of fused-ring (bicyclic) bond motifs is 1. The van der Waals surface area contributed by atoms with E-state index in [4.69, 9.17) is 0 Å². The Labute approximate surface area is 127 Å². The monoisotopic (exact) mass is 305 g/mol. The molecule has 5 heteroatoms. The first-order valence-corrected chi connectivity index (χ1v) is 9.19. The van der Waals surface area contributed by atoms with Gasteiger partial charge in [0.15, 0.2) is 5.01 Å². The van der Waals surface area contributed by atoms with Crippen molar-refractivity contribution in [3.8, 4) is 9.88 Å². The molecule has 0 spiro atoms. The van der Waals surface area contributed by atoms with Crippen LogP contribution in [0.1, 0.15) is 47.6 Å². The second-order valence-corrected chi connectivity index (χ2v) is 7.97. The van der Waals surface area contributed by atoms with Crippen LogP contribution in [0.25, 0.3) is 9.88 Å².